The van der Waals surface area contributed by atoms with Crippen molar-refractivity contribution in [3.05, 3.63) is 0 Å². The third kappa shape index (κ3) is 12.6. The molecule has 0 rings (SSSR count). The normalized spacial score (nSPS) is 8.55. The van der Waals surface area contributed by atoms with Gasteiger partial charge in [0.05, 0.1) is 6.54 Å². The van der Waals surface area contributed by atoms with Gasteiger partial charge >= 0.3 is 0 Å². The van der Waals surface area contributed by atoms with Gasteiger partial charge < -0.3 is 5.32 Å². The molecule has 0 saturated carbocycles. The number of nitrogens with two attached hydrogens (primary N) is 1. The van der Waals surface area contributed by atoms with Crippen molar-refractivity contribution >= 4 is 5.91 Å². The SMILES string of the molecule is CC.CC(C)NC(=O)CNN. The molecule has 4 heteroatoms. The Morgan fingerprint density at radius 2 is 1.91 bits per heavy atom. The van der Waals surface area contributed by atoms with E-state index in [2.05, 4.69) is 10.7 Å². The minimum absolute atomic E-state index is 0.0764. The smallest absolute Gasteiger partial charge is 0.235 e. The number of rotatable bonds is 3. The maximum absolute atomic E-state index is 10.6. The molecule has 1 amide bonds. The molecule has 0 bridgehead atoms. The van der Waals surface area contributed by atoms with E-state index in [1.807, 2.05) is 27.7 Å². The van der Waals surface area contributed by atoms with Crippen LogP contribution in [0.5, 0.6) is 0 Å². The van der Waals surface area contributed by atoms with Gasteiger partial charge in [-0.3, -0.25) is 16.1 Å². The number of amides is 1. The predicted octanol–water partition coefficient (Wildman–Crippen LogP) is 0.000500. The van der Waals surface area contributed by atoms with Gasteiger partial charge in [-0.05, 0) is 13.8 Å². The van der Waals surface area contributed by atoms with Crippen LogP contribution in [0, 0.1) is 0 Å². The van der Waals surface area contributed by atoms with Gasteiger partial charge in [-0.15, -0.1) is 0 Å². The van der Waals surface area contributed by atoms with Crippen molar-refractivity contribution in [2.75, 3.05) is 6.54 Å². The molecule has 0 aromatic heterocycles. The molecular formula is C7H19N3O. The highest BCUT2D eigenvalue weighted by molar-refractivity contribution is 5.78. The second-order valence-corrected chi connectivity index (χ2v) is 2.10. The fourth-order valence-corrected chi connectivity index (χ4v) is 0.466. The lowest BCUT2D eigenvalue weighted by atomic mass is 10.4. The highest BCUT2D eigenvalue weighted by Crippen LogP contribution is 1.73. The number of carbonyl (C=O) groups excluding carboxylic acids is 1. The summed E-state index contributed by atoms with van der Waals surface area (Å²) in [5.41, 5.74) is 2.26. The van der Waals surface area contributed by atoms with Crippen LogP contribution in [-0.4, -0.2) is 18.5 Å². The fraction of sp³-hybridized carbons (Fsp3) is 0.857. The van der Waals surface area contributed by atoms with Crippen molar-refractivity contribution in [1.29, 1.82) is 0 Å². The Morgan fingerprint density at radius 1 is 1.45 bits per heavy atom. The average molecular weight is 161 g/mol. The monoisotopic (exact) mass is 161 g/mol. The van der Waals surface area contributed by atoms with E-state index in [1.54, 1.807) is 0 Å². The van der Waals surface area contributed by atoms with Gasteiger partial charge in [-0.2, -0.15) is 0 Å². The van der Waals surface area contributed by atoms with Crippen molar-refractivity contribution in [1.82, 2.24) is 10.7 Å². The maximum Gasteiger partial charge on any atom is 0.235 e. The minimum Gasteiger partial charge on any atom is -0.353 e. The van der Waals surface area contributed by atoms with Crippen LogP contribution in [0.15, 0.2) is 0 Å². The third-order valence-electron chi connectivity index (χ3n) is 0.712. The Kier molecular flexibility index (Phi) is 11.1. The Labute approximate surface area is 68.5 Å². The van der Waals surface area contributed by atoms with Crippen molar-refractivity contribution in [2.45, 2.75) is 33.7 Å². The van der Waals surface area contributed by atoms with E-state index in [9.17, 15) is 4.79 Å². The molecule has 0 atom stereocenters. The van der Waals surface area contributed by atoms with Gasteiger partial charge in [0.15, 0.2) is 0 Å². The maximum atomic E-state index is 10.6. The topological polar surface area (TPSA) is 67.2 Å². The Hall–Kier alpha value is -0.610. The first-order valence-corrected chi connectivity index (χ1v) is 3.89. The molecule has 0 radical (unpaired) electrons. The summed E-state index contributed by atoms with van der Waals surface area (Å²) >= 11 is 0. The van der Waals surface area contributed by atoms with Gasteiger partial charge in [-0.25, -0.2) is 0 Å². The van der Waals surface area contributed by atoms with E-state index in [0.717, 1.165) is 0 Å². The van der Waals surface area contributed by atoms with Crippen LogP contribution in [0.25, 0.3) is 0 Å². The highest BCUT2D eigenvalue weighted by atomic mass is 16.2. The summed E-state index contributed by atoms with van der Waals surface area (Å²) in [7, 11) is 0. The molecule has 0 aromatic carbocycles. The molecule has 68 valence electrons. The molecule has 0 heterocycles. The Morgan fingerprint density at radius 3 is 2.18 bits per heavy atom. The summed E-state index contributed by atoms with van der Waals surface area (Å²) in [6.07, 6.45) is 0. The Balaban J connectivity index is 0. The van der Waals surface area contributed by atoms with E-state index in [1.165, 1.54) is 0 Å². The highest BCUT2D eigenvalue weighted by Gasteiger charge is 1.98. The van der Waals surface area contributed by atoms with Crippen molar-refractivity contribution in [3.8, 4) is 0 Å². The first kappa shape index (κ1) is 13.0. The van der Waals surface area contributed by atoms with Gasteiger partial charge in [0.25, 0.3) is 0 Å². The molecule has 0 aromatic rings. The summed E-state index contributed by atoms with van der Waals surface area (Å²) < 4.78 is 0. The molecule has 4 N–H and O–H groups in total. The molecule has 0 spiro atoms. The summed E-state index contributed by atoms with van der Waals surface area (Å²) in [6, 6.07) is 0.186. The van der Waals surface area contributed by atoms with Crippen molar-refractivity contribution < 1.29 is 4.79 Å². The molecule has 0 fully saturated rings. The second-order valence-electron chi connectivity index (χ2n) is 2.10. The number of nitrogens with one attached hydrogen (secondary N) is 2. The molecule has 0 aliphatic carbocycles. The van der Waals surface area contributed by atoms with Crippen LogP contribution in [0.3, 0.4) is 0 Å². The van der Waals surface area contributed by atoms with Crippen LogP contribution >= 0.6 is 0 Å². The van der Waals surface area contributed by atoms with Crippen molar-refractivity contribution in [3.63, 3.8) is 0 Å². The van der Waals surface area contributed by atoms with E-state index in [4.69, 9.17) is 5.84 Å². The van der Waals surface area contributed by atoms with E-state index in [0.29, 0.717) is 0 Å². The molecule has 0 aliphatic rings. The number of hydrogen-bond donors (Lipinski definition) is 3. The van der Waals surface area contributed by atoms with E-state index < -0.39 is 0 Å². The lowest BCUT2D eigenvalue weighted by molar-refractivity contribution is -0.120. The molecule has 0 aliphatic heterocycles. The van der Waals surface area contributed by atoms with Crippen LogP contribution in [0.2, 0.25) is 0 Å². The zero-order valence-electron chi connectivity index (χ0n) is 7.77. The van der Waals surface area contributed by atoms with E-state index >= 15 is 0 Å². The molecule has 0 unspecified atom stereocenters. The van der Waals surface area contributed by atoms with Crippen LogP contribution in [0.1, 0.15) is 27.7 Å². The zero-order chi connectivity index (χ0) is 9.28. The fourth-order valence-electron chi connectivity index (χ4n) is 0.466. The van der Waals surface area contributed by atoms with E-state index in [-0.39, 0.29) is 18.5 Å². The third-order valence-corrected chi connectivity index (χ3v) is 0.712. The standard InChI is InChI=1S/C5H13N3O.C2H6/c1-4(2)8-5(9)3-7-6;1-2/h4,7H,3,6H2,1-2H3,(H,8,9);1-2H3. The summed E-state index contributed by atoms with van der Waals surface area (Å²) in [4.78, 5) is 10.6. The molecule has 0 saturated heterocycles. The summed E-state index contributed by atoms with van der Waals surface area (Å²) in [6.45, 7) is 7.97. The zero-order valence-corrected chi connectivity index (χ0v) is 7.77. The minimum atomic E-state index is -0.0764. The molecule has 11 heavy (non-hydrogen) atoms. The van der Waals surface area contributed by atoms with Gasteiger partial charge in [-0.1, -0.05) is 13.8 Å². The number of hydrogen-bond acceptors (Lipinski definition) is 3. The number of hydrazine groups is 1. The first-order chi connectivity index (χ1) is 5.16. The van der Waals surface area contributed by atoms with Crippen LogP contribution in [0.4, 0.5) is 0 Å². The predicted molar refractivity (Wildman–Crippen MR) is 46.8 cm³/mol. The van der Waals surface area contributed by atoms with Gasteiger partial charge in [0.1, 0.15) is 0 Å². The summed E-state index contributed by atoms with van der Waals surface area (Å²) in [5, 5.41) is 2.66. The molecule has 4 nitrogen and oxygen atoms in total. The summed E-state index contributed by atoms with van der Waals surface area (Å²) in [5.74, 6) is 4.82. The molecular weight excluding hydrogens is 142 g/mol. The first-order valence-electron chi connectivity index (χ1n) is 3.89. The Bertz CT molecular complexity index is 93.7. The number of carbonyl (C=O) groups is 1. The second kappa shape index (κ2) is 9.39. The van der Waals surface area contributed by atoms with Gasteiger partial charge in [0.2, 0.25) is 5.91 Å². The van der Waals surface area contributed by atoms with Crippen LogP contribution < -0.4 is 16.6 Å². The van der Waals surface area contributed by atoms with Crippen molar-refractivity contribution in [2.24, 2.45) is 5.84 Å². The van der Waals surface area contributed by atoms with Gasteiger partial charge in [0, 0.05) is 6.04 Å². The van der Waals surface area contributed by atoms with Crippen LogP contribution in [-0.2, 0) is 4.79 Å². The quantitative estimate of drug-likeness (QED) is 0.403. The lowest BCUT2D eigenvalue weighted by Gasteiger charge is -2.06. The average Bonchev–Trinajstić information content (AvgIpc) is 1.91. The lowest BCUT2D eigenvalue weighted by Crippen LogP contribution is -2.40. The largest absolute Gasteiger partial charge is 0.353 e.